The van der Waals surface area contributed by atoms with Crippen LogP contribution in [0.4, 0.5) is 0 Å². The molecule has 0 aromatic rings. The first-order valence-electron chi connectivity index (χ1n) is 5.38. The summed E-state index contributed by atoms with van der Waals surface area (Å²) in [5, 5.41) is 0. The number of hydrogen-bond acceptors (Lipinski definition) is 4. The maximum absolute atomic E-state index is 11.0. The number of rotatable bonds is 5. The van der Waals surface area contributed by atoms with Gasteiger partial charge in [-0.3, -0.25) is 0 Å². The molecule has 0 rings (SSSR count). The minimum Gasteiger partial charge on any atom is -0.466 e. The first-order chi connectivity index (χ1) is 8.52. The Morgan fingerprint density at radius 1 is 0.722 bits per heavy atom. The number of carbonyl (C=O) groups excluding carboxylic acids is 2. The highest BCUT2D eigenvalue weighted by Crippen LogP contribution is 1.97. The summed E-state index contributed by atoms with van der Waals surface area (Å²) in [6.07, 6.45) is 10.2. The van der Waals surface area contributed by atoms with Gasteiger partial charge < -0.3 is 9.47 Å². The molecule has 4 heteroatoms. The van der Waals surface area contributed by atoms with Crippen LogP contribution in [0.3, 0.4) is 0 Å². The minimum atomic E-state index is -0.356. The lowest BCUT2D eigenvalue weighted by molar-refractivity contribution is -0.136. The molecule has 0 saturated carbocycles. The molecule has 0 aliphatic heterocycles. The summed E-state index contributed by atoms with van der Waals surface area (Å²) in [7, 11) is 2.67. The van der Waals surface area contributed by atoms with Crippen molar-refractivity contribution >= 4 is 11.9 Å². The van der Waals surface area contributed by atoms with Crippen LogP contribution in [0.15, 0.2) is 47.6 Å². The Balaban J connectivity index is 4.34. The van der Waals surface area contributed by atoms with Crippen molar-refractivity contribution < 1.29 is 19.1 Å². The molecule has 0 heterocycles. The summed E-state index contributed by atoms with van der Waals surface area (Å²) in [4.78, 5) is 22.1. The van der Waals surface area contributed by atoms with Gasteiger partial charge in [0.05, 0.1) is 14.2 Å². The van der Waals surface area contributed by atoms with Gasteiger partial charge >= 0.3 is 11.9 Å². The van der Waals surface area contributed by atoms with Gasteiger partial charge in [0.2, 0.25) is 0 Å². The molecule has 0 radical (unpaired) electrons. The lowest BCUT2D eigenvalue weighted by Crippen LogP contribution is -2.00. The monoisotopic (exact) mass is 250 g/mol. The van der Waals surface area contributed by atoms with Crippen LogP contribution < -0.4 is 0 Å². The molecule has 0 aromatic heterocycles. The number of ether oxygens (including phenoxy) is 2. The highest BCUT2D eigenvalue weighted by Gasteiger charge is 2.00. The average molecular weight is 250 g/mol. The molecule has 0 bridgehead atoms. The van der Waals surface area contributed by atoms with E-state index in [4.69, 9.17) is 0 Å². The molecule has 0 atom stereocenters. The third kappa shape index (κ3) is 6.48. The van der Waals surface area contributed by atoms with E-state index in [2.05, 4.69) is 9.47 Å². The number of allylic oxidation sites excluding steroid dienone is 6. The highest BCUT2D eigenvalue weighted by atomic mass is 16.5. The van der Waals surface area contributed by atoms with Gasteiger partial charge in [-0.05, 0) is 13.8 Å². The number of hydrogen-bond donors (Lipinski definition) is 0. The van der Waals surface area contributed by atoms with Crippen LogP contribution in [-0.4, -0.2) is 26.2 Å². The lowest BCUT2D eigenvalue weighted by atomic mass is 10.2. The first-order valence-corrected chi connectivity index (χ1v) is 5.38. The van der Waals surface area contributed by atoms with Gasteiger partial charge in [-0.15, -0.1) is 0 Å². The smallest absolute Gasteiger partial charge is 0.333 e. The van der Waals surface area contributed by atoms with E-state index in [1.165, 1.54) is 14.2 Å². The Morgan fingerprint density at radius 2 is 1.06 bits per heavy atom. The molecule has 0 unspecified atom stereocenters. The van der Waals surface area contributed by atoms with Crippen molar-refractivity contribution in [2.45, 2.75) is 13.8 Å². The van der Waals surface area contributed by atoms with Crippen LogP contribution in [0.1, 0.15) is 13.8 Å². The zero-order valence-electron chi connectivity index (χ0n) is 11.1. The number of methoxy groups -OCH3 is 2. The molecule has 0 spiro atoms. The third-order valence-corrected chi connectivity index (χ3v) is 2.04. The van der Waals surface area contributed by atoms with E-state index in [9.17, 15) is 9.59 Å². The van der Waals surface area contributed by atoms with Crippen LogP contribution in [-0.2, 0) is 19.1 Å². The van der Waals surface area contributed by atoms with E-state index < -0.39 is 0 Å². The summed E-state index contributed by atoms with van der Waals surface area (Å²) in [5.74, 6) is -0.713. The maximum atomic E-state index is 11.0. The second-order valence-electron chi connectivity index (χ2n) is 3.45. The van der Waals surface area contributed by atoms with E-state index >= 15 is 0 Å². The summed E-state index contributed by atoms with van der Waals surface area (Å²) in [5.41, 5.74) is 1.03. The zero-order valence-corrected chi connectivity index (χ0v) is 11.1. The van der Waals surface area contributed by atoms with E-state index in [0.717, 1.165) is 0 Å². The Morgan fingerprint density at radius 3 is 1.33 bits per heavy atom. The highest BCUT2D eigenvalue weighted by molar-refractivity contribution is 5.88. The quantitative estimate of drug-likeness (QED) is 0.427. The molecule has 18 heavy (non-hydrogen) atoms. The molecular weight excluding hydrogens is 232 g/mol. The second kappa shape index (κ2) is 8.98. The van der Waals surface area contributed by atoms with E-state index in [0.29, 0.717) is 11.1 Å². The summed E-state index contributed by atoms with van der Waals surface area (Å²) >= 11 is 0. The fourth-order valence-electron chi connectivity index (χ4n) is 0.986. The topological polar surface area (TPSA) is 52.6 Å². The van der Waals surface area contributed by atoms with Gasteiger partial charge in [0.15, 0.2) is 0 Å². The van der Waals surface area contributed by atoms with Gasteiger partial charge in [-0.1, -0.05) is 36.5 Å². The molecular formula is C14H18O4. The SMILES string of the molecule is COC(=O)C(C)=CC=CC=CC=C(C)C(=O)OC. The maximum Gasteiger partial charge on any atom is 0.333 e. The Hall–Kier alpha value is -2.10. The molecule has 0 N–H and O–H groups in total. The van der Waals surface area contributed by atoms with Gasteiger partial charge in [-0.2, -0.15) is 0 Å². The second-order valence-corrected chi connectivity index (χ2v) is 3.45. The molecule has 0 saturated heterocycles. The van der Waals surface area contributed by atoms with Gasteiger partial charge in [0, 0.05) is 11.1 Å². The fourth-order valence-corrected chi connectivity index (χ4v) is 0.986. The van der Waals surface area contributed by atoms with Gasteiger partial charge in [0.25, 0.3) is 0 Å². The van der Waals surface area contributed by atoms with Crippen molar-refractivity contribution in [2.24, 2.45) is 0 Å². The van der Waals surface area contributed by atoms with Gasteiger partial charge in [-0.25, -0.2) is 9.59 Å². The van der Waals surface area contributed by atoms with Crippen LogP contribution in [0, 0.1) is 0 Å². The molecule has 98 valence electrons. The van der Waals surface area contributed by atoms with Crippen molar-refractivity contribution in [2.75, 3.05) is 14.2 Å². The summed E-state index contributed by atoms with van der Waals surface area (Å²) in [6.45, 7) is 3.34. The Kier molecular flexibility index (Phi) is 7.94. The van der Waals surface area contributed by atoms with E-state index in [-0.39, 0.29) is 11.9 Å². The zero-order chi connectivity index (χ0) is 14.0. The third-order valence-electron chi connectivity index (χ3n) is 2.04. The predicted molar refractivity (Wildman–Crippen MR) is 69.8 cm³/mol. The Labute approximate surface area is 107 Å². The van der Waals surface area contributed by atoms with E-state index in [1.54, 1.807) is 50.3 Å². The standard InChI is InChI=1S/C14H18O4/c1-11(13(15)17-3)9-7-5-6-8-10-12(2)14(16)18-4/h5-10H,1-4H3. The average Bonchev–Trinajstić information content (AvgIpc) is 2.39. The molecule has 0 aliphatic carbocycles. The summed E-state index contributed by atoms with van der Waals surface area (Å²) in [6, 6.07) is 0. The molecule has 0 amide bonds. The van der Waals surface area contributed by atoms with E-state index in [1.807, 2.05) is 0 Å². The van der Waals surface area contributed by atoms with Crippen LogP contribution >= 0.6 is 0 Å². The number of esters is 2. The normalized spacial score (nSPS) is 13.1. The number of carbonyl (C=O) groups is 2. The lowest BCUT2D eigenvalue weighted by Gasteiger charge is -1.95. The van der Waals surface area contributed by atoms with Crippen molar-refractivity contribution in [1.82, 2.24) is 0 Å². The van der Waals surface area contributed by atoms with Crippen LogP contribution in [0.25, 0.3) is 0 Å². The molecule has 4 nitrogen and oxygen atoms in total. The molecule has 0 aromatic carbocycles. The Bertz CT molecular complexity index is 372. The van der Waals surface area contributed by atoms with Crippen molar-refractivity contribution in [3.05, 3.63) is 47.6 Å². The van der Waals surface area contributed by atoms with Crippen LogP contribution in [0.5, 0.6) is 0 Å². The minimum absolute atomic E-state index is 0.356. The molecule has 0 fully saturated rings. The summed E-state index contributed by atoms with van der Waals surface area (Å²) < 4.78 is 9.08. The van der Waals surface area contributed by atoms with Crippen molar-refractivity contribution in [1.29, 1.82) is 0 Å². The van der Waals surface area contributed by atoms with Crippen molar-refractivity contribution in [3.8, 4) is 0 Å². The first kappa shape index (κ1) is 15.9. The fraction of sp³-hybridized carbons (Fsp3) is 0.286. The molecule has 0 aliphatic rings. The van der Waals surface area contributed by atoms with Crippen LogP contribution in [0.2, 0.25) is 0 Å². The predicted octanol–water partition coefficient (Wildman–Crippen LogP) is 2.34. The largest absolute Gasteiger partial charge is 0.466 e. The van der Waals surface area contributed by atoms with Crippen molar-refractivity contribution in [3.63, 3.8) is 0 Å². The van der Waals surface area contributed by atoms with Gasteiger partial charge in [0.1, 0.15) is 0 Å².